The summed E-state index contributed by atoms with van der Waals surface area (Å²) in [6, 6.07) is 0. The van der Waals surface area contributed by atoms with Crippen LogP contribution in [0.3, 0.4) is 0 Å². The summed E-state index contributed by atoms with van der Waals surface area (Å²) in [5.41, 5.74) is 1.06. The maximum Gasteiger partial charge on any atom is 0.339 e. The molecular weight excluding hydrogens is 244 g/mol. The monoisotopic (exact) mass is 266 g/mol. The minimum Gasteiger partial charge on any atom is -0.478 e. The van der Waals surface area contributed by atoms with Gasteiger partial charge in [0.2, 0.25) is 0 Å². The number of carboxylic acid groups (broad SMARTS) is 1. The van der Waals surface area contributed by atoms with E-state index in [1.807, 2.05) is 7.05 Å². The third-order valence-corrected chi connectivity index (χ3v) is 3.71. The van der Waals surface area contributed by atoms with Crippen molar-refractivity contribution in [2.45, 2.75) is 19.4 Å². The minimum absolute atomic E-state index is 0.301. The molecule has 6 heteroatoms. The molecule has 0 atom stereocenters. The van der Waals surface area contributed by atoms with Gasteiger partial charge in [0.05, 0.1) is 11.9 Å². The first-order valence-corrected chi connectivity index (χ1v) is 6.73. The topological polar surface area (TPSA) is 61.6 Å². The summed E-state index contributed by atoms with van der Waals surface area (Å²) < 4.78 is 1.65. The Kier molecular flexibility index (Phi) is 4.55. The molecule has 1 N–H and O–H groups in total. The Labute approximate surface area is 113 Å². The predicted molar refractivity (Wildman–Crippen MR) is 72.2 cm³/mol. The van der Waals surface area contributed by atoms with Crippen LogP contribution < -0.4 is 0 Å². The zero-order chi connectivity index (χ0) is 13.8. The van der Waals surface area contributed by atoms with Crippen molar-refractivity contribution in [3.63, 3.8) is 0 Å². The van der Waals surface area contributed by atoms with E-state index in [4.69, 9.17) is 5.11 Å². The van der Waals surface area contributed by atoms with Gasteiger partial charge in [0.15, 0.2) is 0 Å². The normalized spacial score (nSPS) is 16.4. The average Bonchev–Trinajstić information content (AvgIpc) is 2.98. The van der Waals surface area contributed by atoms with Crippen molar-refractivity contribution >= 4 is 5.97 Å². The number of aromatic carboxylic acids is 1. The maximum atomic E-state index is 11.1. The number of aromatic nitrogens is 2. The average molecular weight is 266 g/mol. The molecule has 0 amide bonds. The van der Waals surface area contributed by atoms with Crippen molar-refractivity contribution in [3.05, 3.63) is 17.5 Å². The molecule has 0 radical (unpaired) electrons. The maximum absolute atomic E-state index is 11.1. The molecule has 1 saturated heterocycles. The van der Waals surface area contributed by atoms with Gasteiger partial charge in [-0.05, 0) is 33.0 Å². The lowest BCUT2D eigenvalue weighted by Crippen LogP contribution is -2.32. The Morgan fingerprint density at radius 2 is 2.16 bits per heavy atom. The molecule has 1 aromatic heterocycles. The highest BCUT2D eigenvalue weighted by atomic mass is 16.4. The molecule has 1 fully saturated rings. The van der Waals surface area contributed by atoms with Crippen LogP contribution in [0.4, 0.5) is 0 Å². The van der Waals surface area contributed by atoms with Gasteiger partial charge in [-0.15, -0.1) is 0 Å². The number of likely N-dealkylation sites (tertiary alicyclic amines) is 1. The quantitative estimate of drug-likeness (QED) is 0.819. The molecule has 0 bridgehead atoms. The van der Waals surface area contributed by atoms with Gasteiger partial charge in [0, 0.05) is 26.7 Å². The van der Waals surface area contributed by atoms with E-state index in [1.54, 1.807) is 11.7 Å². The van der Waals surface area contributed by atoms with Crippen LogP contribution in [0.1, 0.15) is 28.9 Å². The van der Waals surface area contributed by atoms with E-state index >= 15 is 0 Å². The predicted octanol–water partition coefficient (Wildman–Crippen LogP) is 0.646. The van der Waals surface area contributed by atoms with Crippen molar-refractivity contribution in [1.82, 2.24) is 19.6 Å². The largest absolute Gasteiger partial charge is 0.478 e. The smallest absolute Gasteiger partial charge is 0.339 e. The number of hydrogen-bond donors (Lipinski definition) is 1. The lowest BCUT2D eigenvalue weighted by molar-refractivity contribution is 0.0694. The van der Waals surface area contributed by atoms with E-state index in [0.717, 1.165) is 18.8 Å². The van der Waals surface area contributed by atoms with Crippen molar-refractivity contribution in [2.75, 3.05) is 33.2 Å². The van der Waals surface area contributed by atoms with Gasteiger partial charge in [-0.1, -0.05) is 0 Å². The van der Waals surface area contributed by atoms with Gasteiger partial charge in [0.25, 0.3) is 0 Å². The summed E-state index contributed by atoms with van der Waals surface area (Å²) in [6.07, 6.45) is 4.02. The van der Waals surface area contributed by atoms with Crippen molar-refractivity contribution in [1.29, 1.82) is 0 Å². The summed E-state index contributed by atoms with van der Waals surface area (Å²) in [4.78, 5) is 15.7. The molecule has 1 aliphatic heterocycles. The fourth-order valence-electron chi connectivity index (χ4n) is 2.48. The van der Waals surface area contributed by atoms with E-state index in [9.17, 15) is 4.79 Å². The van der Waals surface area contributed by atoms with Crippen LogP contribution in [0.5, 0.6) is 0 Å². The third-order valence-electron chi connectivity index (χ3n) is 3.71. The second-order valence-corrected chi connectivity index (χ2v) is 5.22. The number of nitrogens with zero attached hydrogens (tertiary/aromatic N) is 4. The van der Waals surface area contributed by atoms with Crippen molar-refractivity contribution < 1.29 is 9.90 Å². The van der Waals surface area contributed by atoms with Gasteiger partial charge in [-0.25, -0.2) is 4.79 Å². The van der Waals surface area contributed by atoms with Crippen LogP contribution in [0.2, 0.25) is 0 Å². The Morgan fingerprint density at radius 3 is 2.79 bits per heavy atom. The van der Waals surface area contributed by atoms with Gasteiger partial charge < -0.3 is 10.0 Å². The van der Waals surface area contributed by atoms with E-state index in [-0.39, 0.29) is 0 Å². The number of rotatable bonds is 6. The van der Waals surface area contributed by atoms with Crippen LogP contribution in [0.25, 0.3) is 0 Å². The molecule has 6 nitrogen and oxygen atoms in total. The Bertz CT molecular complexity index is 438. The molecule has 106 valence electrons. The lowest BCUT2D eigenvalue weighted by Gasteiger charge is -2.21. The molecule has 19 heavy (non-hydrogen) atoms. The minimum atomic E-state index is -0.906. The molecule has 1 aromatic rings. The van der Waals surface area contributed by atoms with Crippen molar-refractivity contribution in [2.24, 2.45) is 7.05 Å². The van der Waals surface area contributed by atoms with E-state index in [0.29, 0.717) is 12.1 Å². The molecule has 0 unspecified atom stereocenters. The summed E-state index contributed by atoms with van der Waals surface area (Å²) in [6.45, 7) is 5.01. The molecule has 0 aliphatic carbocycles. The van der Waals surface area contributed by atoms with E-state index in [2.05, 4.69) is 14.9 Å². The second kappa shape index (κ2) is 6.16. The Balaban J connectivity index is 1.89. The van der Waals surface area contributed by atoms with Crippen LogP contribution >= 0.6 is 0 Å². The molecule has 1 aliphatic rings. The fraction of sp³-hybridized carbons (Fsp3) is 0.692. The van der Waals surface area contributed by atoms with Crippen LogP contribution in [0, 0.1) is 0 Å². The molecule has 2 heterocycles. The first-order valence-electron chi connectivity index (χ1n) is 6.73. The third kappa shape index (κ3) is 3.54. The highest BCUT2D eigenvalue weighted by Crippen LogP contribution is 2.11. The van der Waals surface area contributed by atoms with Crippen LogP contribution in [-0.4, -0.2) is 63.9 Å². The zero-order valence-electron chi connectivity index (χ0n) is 11.7. The zero-order valence-corrected chi connectivity index (χ0v) is 11.7. The van der Waals surface area contributed by atoms with Crippen molar-refractivity contribution in [3.8, 4) is 0 Å². The molecule has 0 aromatic carbocycles. The standard InChI is InChI=1S/C13H22N4O2/c1-15(7-8-17-5-3-4-6-17)10-12-11(13(18)19)9-14-16(12)2/h9H,3-8,10H2,1-2H3,(H,18,19). The number of aryl methyl sites for hydroxylation is 1. The van der Waals surface area contributed by atoms with Gasteiger partial charge >= 0.3 is 5.97 Å². The van der Waals surface area contributed by atoms with Gasteiger partial charge in [0.1, 0.15) is 5.56 Å². The Hall–Kier alpha value is -1.40. The van der Waals surface area contributed by atoms with Gasteiger partial charge in [-0.2, -0.15) is 5.10 Å². The molecule has 0 saturated carbocycles. The summed E-state index contributed by atoms with van der Waals surface area (Å²) in [5, 5.41) is 13.1. The molecule has 2 rings (SSSR count). The summed E-state index contributed by atoms with van der Waals surface area (Å²) in [5.74, 6) is -0.906. The molecule has 0 spiro atoms. The Morgan fingerprint density at radius 1 is 1.47 bits per heavy atom. The highest BCUT2D eigenvalue weighted by molar-refractivity contribution is 5.88. The van der Waals surface area contributed by atoms with E-state index in [1.165, 1.54) is 32.1 Å². The summed E-state index contributed by atoms with van der Waals surface area (Å²) in [7, 11) is 3.81. The number of likely N-dealkylation sites (N-methyl/N-ethyl adjacent to an activating group) is 1. The van der Waals surface area contributed by atoms with Crippen LogP contribution in [-0.2, 0) is 13.6 Å². The van der Waals surface area contributed by atoms with E-state index < -0.39 is 5.97 Å². The summed E-state index contributed by atoms with van der Waals surface area (Å²) >= 11 is 0. The van der Waals surface area contributed by atoms with Crippen LogP contribution in [0.15, 0.2) is 6.20 Å². The second-order valence-electron chi connectivity index (χ2n) is 5.22. The number of carbonyl (C=O) groups is 1. The highest BCUT2D eigenvalue weighted by Gasteiger charge is 2.17. The first kappa shape index (κ1) is 14.0. The van der Waals surface area contributed by atoms with Gasteiger partial charge in [-0.3, -0.25) is 9.58 Å². The lowest BCUT2D eigenvalue weighted by atomic mass is 10.2. The number of hydrogen-bond acceptors (Lipinski definition) is 4. The molecular formula is C13H22N4O2. The number of carboxylic acids is 1. The SMILES string of the molecule is CN(CCN1CCCC1)Cc1c(C(=O)O)cnn1C. The fourth-order valence-corrected chi connectivity index (χ4v) is 2.48. The first-order chi connectivity index (χ1) is 9.08.